The molecule has 1 saturated heterocycles. The van der Waals surface area contributed by atoms with Gasteiger partial charge in [-0.1, -0.05) is 30.3 Å². The smallest absolute Gasteiger partial charge is 0.408 e. The summed E-state index contributed by atoms with van der Waals surface area (Å²) in [7, 11) is 0. The number of hydrogen-bond acceptors (Lipinski definition) is 6. The second kappa shape index (κ2) is 9.89. The highest BCUT2D eigenvalue weighted by Crippen LogP contribution is 2.08. The van der Waals surface area contributed by atoms with Crippen molar-refractivity contribution in [3.63, 3.8) is 0 Å². The summed E-state index contributed by atoms with van der Waals surface area (Å²) in [6.07, 6.45) is -1.01. The van der Waals surface area contributed by atoms with Crippen LogP contribution in [0.5, 0.6) is 0 Å². The molecular formula is C17H26N2O5. The number of amides is 1. The van der Waals surface area contributed by atoms with Gasteiger partial charge in [-0.05, 0) is 26.3 Å². The summed E-state index contributed by atoms with van der Waals surface area (Å²) < 4.78 is 9.60. The highest BCUT2D eigenvalue weighted by atomic mass is 16.6. The van der Waals surface area contributed by atoms with Crippen LogP contribution in [0.15, 0.2) is 30.3 Å². The van der Waals surface area contributed by atoms with Gasteiger partial charge in [0.15, 0.2) is 0 Å². The van der Waals surface area contributed by atoms with E-state index in [0.717, 1.165) is 5.56 Å². The quantitative estimate of drug-likeness (QED) is 0.714. The number of benzene rings is 1. The van der Waals surface area contributed by atoms with E-state index in [2.05, 4.69) is 15.4 Å². The molecule has 1 amide bonds. The van der Waals surface area contributed by atoms with E-state index in [9.17, 15) is 14.7 Å². The van der Waals surface area contributed by atoms with E-state index in [1.165, 1.54) is 0 Å². The van der Waals surface area contributed by atoms with Crippen molar-refractivity contribution in [2.45, 2.75) is 45.1 Å². The molecule has 1 aliphatic rings. The standard InChI is InChI=1S/C9H18N2O3.C8H8O2/c1-9(2,3)14-8(13)11-6-4-10-5-7(6)12;9-7-10-6-8-4-2-1-3-5-8/h6-7,10,12H,4-5H2,1-3H3,(H,11,13);1-5,7H,6H2/t6-,7-;/m1./s1. The molecule has 0 unspecified atom stereocenters. The number of carbonyl (C=O) groups excluding carboxylic acids is 2. The molecule has 24 heavy (non-hydrogen) atoms. The first-order valence-electron chi connectivity index (χ1n) is 7.79. The molecule has 1 fully saturated rings. The number of ether oxygens (including phenoxy) is 2. The van der Waals surface area contributed by atoms with Crippen LogP contribution in [0.3, 0.4) is 0 Å². The molecule has 134 valence electrons. The van der Waals surface area contributed by atoms with Crippen molar-refractivity contribution in [1.82, 2.24) is 10.6 Å². The van der Waals surface area contributed by atoms with E-state index in [-0.39, 0.29) is 6.04 Å². The number of β-amino-alcohol motifs (C(OH)–C–C–N with tert-alkyl or cyclic N) is 1. The number of alkyl carbamates (subject to hydrolysis) is 1. The van der Waals surface area contributed by atoms with Gasteiger partial charge in [-0.3, -0.25) is 4.79 Å². The lowest BCUT2D eigenvalue weighted by Crippen LogP contribution is -2.45. The number of carbonyl (C=O) groups is 2. The Kier molecular flexibility index (Phi) is 8.21. The third-order valence-electron chi connectivity index (χ3n) is 3.05. The van der Waals surface area contributed by atoms with Crippen LogP contribution >= 0.6 is 0 Å². The maximum absolute atomic E-state index is 11.3. The first kappa shape index (κ1) is 19.9. The van der Waals surface area contributed by atoms with E-state index >= 15 is 0 Å². The third-order valence-corrected chi connectivity index (χ3v) is 3.05. The molecule has 1 aliphatic heterocycles. The Balaban J connectivity index is 0.000000254. The van der Waals surface area contributed by atoms with Crippen LogP contribution in [0.1, 0.15) is 26.3 Å². The van der Waals surface area contributed by atoms with Crippen LogP contribution in [0.25, 0.3) is 0 Å². The highest BCUT2D eigenvalue weighted by molar-refractivity contribution is 5.68. The Hall–Kier alpha value is -2.12. The van der Waals surface area contributed by atoms with Crippen molar-refractivity contribution < 1.29 is 24.2 Å². The average Bonchev–Trinajstić information content (AvgIpc) is 2.90. The monoisotopic (exact) mass is 338 g/mol. The Morgan fingerprint density at radius 3 is 2.50 bits per heavy atom. The molecule has 2 atom stereocenters. The lowest BCUT2D eigenvalue weighted by molar-refractivity contribution is -0.129. The van der Waals surface area contributed by atoms with E-state index < -0.39 is 17.8 Å². The van der Waals surface area contributed by atoms with Crippen LogP contribution in [0.4, 0.5) is 4.79 Å². The zero-order valence-corrected chi connectivity index (χ0v) is 14.3. The first-order chi connectivity index (χ1) is 11.3. The topological polar surface area (TPSA) is 96.9 Å². The van der Waals surface area contributed by atoms with Crippen LogP contribution in [-0.4, -0.2) is 48.5 Å². The molecule has 0 spiro atoms. The van der Waals surface area contributed by atoms with Crippen molar-refractivity contribution in [2.24, 2.45) is 0 Å². The zero-order valence-electron chi connectivity index (χ0n) is 14.3. The summed E-state index contributed by atoms with van der Waals surface area (Å²) in [4.78, 5) is 21.0. The predicted octanol–water partition coefficient (Wildman–Crippen LogP) is 1.20. The fourth-order valence-corrected chi connectivity index (χ4v) is 1.98. The van der Waals surface area contributed by atoms with Crippen molar-refractivity contribution in [3.8, 4) is 0 Å². The SMILES string of the molecule is CC(C)(C)OC(=O)N[C@@H]1CNC[C@H]1O.O=COCc1ccccc1. The minimum atomic E-state index is -0.525. The second-order valence-corrected chi connectivity index (χ2v) is 6.37. The summed E-state index contributed by atoms with van der Waals surface area (Å²) in [6, 6.07) is 9.30. The van der Waals surface area contributed by atoms with Crippen LogP contribution in [0.2, 0.25) is 0 Å². The summed E-state index contributed by atoms with van der Waals surface area (Å²) in [6.45, 7) is 7.32. The Morgan fingerprint density at radius 1 is 1.33 bits per heavy atom. The summed E-state index contributed by atoms with van der Waals surface area (Å²) in [5, 5.41) is 15.0. The summed E-state index contributed by atoms with van der Waals surface area (Å²) >= 11 is 0. The van der Waals surface area contributed by atoms with E-state index in [0.29, 0.717) is 26.2 Å². The molecule has 1 aromatic carbocycles. The molecule has 7 nitrogen and oxygen atoms in total. The average molecular weight is 338 g/mol. The molecule has 0 aromatic heterocycles. The van der Waals surface area contributed by atoms with Gasteiger partial charge >= 0.3 is 6.09 Å². The van der Waals surface area contributed by atoms with Gasteiger partial charge in [0.05, 0.1) is 12.1 Å². The lowest BCUT2D eigenvalue weighted by atomic mass is 10.2. The Labute approximate surface area is 142 Å². The van der Waals surface area contributed by atoms with Crippen LogP contribution in [-0.2, 0) is 20.9 Å². The minimum Gasteiger partial charge on any atom is -0.463 e. The molecular weight excluding hydrogens is 312 g/mol. The summed E-state index contributed by atoms with van der Waals surface area (Å²) in [5.74, 6) is 0. The molecule has 0 saturated carbocycles. The second-order valence-electron chi connectivity index (χ2n) is 6.37. The first-order valence-corrected chi connectivity index (χ1v) is 7.79. The van der Waals surface area contributed by atoms with E-state index in [1.54, 1.807) is 20.8 Å². The van der Waals surface area contributed by atoms with Gasteiger partial charge in [0.1, 0.15) is 12.2 Å². The molecule has 1 heterocycles. The minimum absolute atomic E-state index is 0.246. The largest absolute Gasteiger partial charge is 0.463 e. The third kappa shape index (κ3) is 8.50. The van der Waals surface area contributed by atoms with E-state index in [1.807, 2.05) is 30.3 Å². The number of aliphatic hydroxyl groups is 1. The number of rotatable bonds is 4. The molecule has 0 radical (unpaired) electrons. The van der Waals surface area contributed by atoms with E-state index in [4.69, 9.17) is 4.74 Å². The molecule has 0 aliphatic carbocycles. The van der Waals surface area contributed by atoms with Crippen LogP contribution < -0.4 is 10.6 Å². The maximum atomic E-state index is 11.3. The fourth-order valence-electron chi connectivity index (χ4n) is 1.98. The van der Waals surface area contributed by atoms with Crippen molar-refractivity contribution >= 4 is 12.6 Å². The van der Waals surface area contributed by atoms with Crippen molar-refractivity contribution in [3.05, 3.63) is 35.9 Å². The normalized spacial score (nSPS) is 19.7. The van der Waals surface area contributed by atoms with Gasteiger partial charge in [-0.25, -0.2) is 4.79 Å². The number of hydrogen-bond donors (Lipinski definition) is 3. The maximum Gasteiger partial charge on any atom is 0.408 e. The molecule has 3 N–H and O–H groups in total. The van der Waals surface area contributed by atoms with Gasteiger partial charge in [0.25, 0.3) is 6.47 Å². The molecule has 2 rings (SSSR count). The van der Waals surface area contributed by atoms with Crippen LogP contribution in [0, 0.1) is 0 Å². The van der Waals surface area contributed by atoms with Gasteiger partial charge < -0.3 is 25.2 Å². The molecule has 1 aromatic rings. The number of nitrogens with one attached hydrogen (secondary N) is 2. The fraction of sp³-hybridized carbons (Fsp3) is 0.529. The lowest BCUT2D eigenvalue weighted by Gasteiger charge is -2.22. The van der Waals surface area contributed by atoms with Crippen molar-refractivity contribution in [2.75, 3.05) is 13.1 Å². The molecule has 0 bridgehead atoms. The van der Waals surface area contributed by atoms with Gasteiger partial charge in [-0.2, -0.15) is 0 Å². The van der Waals surface area contributed by atoms with Gasteiger partial charge in [0, 0.05) is 13.1 Å². The summed E-state index contributed by atoms with van der Waals surface area (Å²) in [5.41, 5.74) is 0.510. The van der Waals surface area contributed by atoms with Gasteiger partial charge in [0.2, 0.25) is 0 Å². The predicted molar refractivity (Wildman–Crippen MR) is 89.3 cm³/mol. The molecule has 7 heteroatoms. The number of aliphatic hydroxyl groups excluding tert-OH is 1. The van der Waals surface area contributed by atoms with Gasteiger partial charge in [-0.15, -0.1) is 0 Å². The van der Waals surface area contributed by atoms with Crippen molar-refractivity contribution in [1.29, 1.82) is 0 Å². The Morgan fingerprint density at radius 2 is 2.00 bits per heavy atom. The highest BCUT2D eigenvalue weighted by Gasteiger charge is 2.28. The zero-order chi connectivity index (χ0) is 18.0. The Bertz CT molecular complexity index is 501.